The Morgan fingerprint density at radius 1 is 1.35 bits per heavy atom. The van der Waals surface area contributed by atoms with E-state index in [1.165, 1.54) is 0 Å². The van der Waals surface area contributed by atoms with Gasteiger partial charge in [-0.1, -0.05) is 19.4 Å². The summed E-state index contributed by atoms with van der Waals surface area (Å²) in [6.07, 6.45) is 2.79. The Kier molecular flexibility index (Phi) is 5.33. The molecule has 0 aromatic carbocycles. The Hall–Kier alpha value is -1.71. The topological polar surface area (TPSA) is 56.3 Å². The summed E-state index contributed by atoms with van der Waals surface area (Å²) in [6, 6.07) is 5.08. The molecule has 0 aliphatic carbocycles. The van der Waals surface area contributed by atoms with Gasteiger partial charge >= 0.3 is 5.97 Å². The maximum Gasteiger partial charge on any atom is 0.316 e. The average Bonchev–Trinajstić information content (AvgIpc) is 2.36. The van der Waals surface area contributed by atoms with Gasteiger partial charge in [-0.05, 0) is 25.5 Å². The first kappa shape index (κ1) is 13.4. The minimum atomic E-state index is -0.727. The zero-order chi connectivity index (χ0) is 12.7. The first-order valence-corrected chi connectivity index (χ1v) is 5.82. The highest BCUT2D eigenvalue weighted by Gasteiger charge is 2.28. The summed E-state index contributed by atoms with van der Waals surface area (Å²) in [5.74, 6) is -1.44. The van der Waals surface area contributed by atoms with Crippen LogP contribution in [0.25, 0.3) is 0 Å². The van der Waals surface area contributed by atoms with E-state index < -0.39 is 11.9 Å². The Morgan fingerprint density at radius 3 is 2.65 bits per heavy atom. The van der Waals surface area contributed by atoms with Gasteiger partial charge in [0.15, 0.2) is 5.78 Å². The molecule has 0 N–H and O–H groups in total. The van der Waals surface area contributed by atoms with Crippen molar-refractivity contribution in [3.05, 3.63) is 30.1 Å². The second-order valence-electron chi connectivity index (χ2n) is 3.67. The molecular weight excluding hydrogens is 218 g/mol. The number of rotatable bonds is 6. The minimum absolute atomic E-state index is 0.258. The molecule has 0 amide bonds. The fourth-order valence-corrected chi connectivity index (χ4v) is 1.57. The first-order chi connectivity index (χ1) is 8.20. The lowest BCUT2D eigenvalue weighted by molar-refractivity contribution is -0.146. The standard InChI is InChI=1S/C13H17NO3/c1-3-7-10(13(16)17-4-2)12(15)11-8-5-6-9-14-11/h5-6,8-10H,3-4,7H2,1-2H3. The number of ketones is 1. The number of pyridine rings is 1. The van der Waals surface area contributed by atoms with Crippen molar-refractivity contribution in [1.82, 2.24) is 4.98 Å². The molecule has 0 aliphatic rings. The van der Waals surface area contributed by atoms with Crippen LogP contribution in [0.3, 0.4) is 0 Å². The number of hydrogen-bond acceptors (Lipinski definition) is 4. The van der Waals surface area contributed by atoms with Gasteiger partial charge in [0.2, 0.25) is 0 Å². The molecule has 1 atom stereocenters. The van der Waals surface area contributed by atoms with Crippen LogP contribution in [0, 0.1) is 5.92 Å². The second kappa shape index (κ2) is 6.78. The van der Waals surface area contributed by atoms with E-state index in [-0.39, 0.29) is 12.4 Å². The van der Waals surface area contributed by atoms with E-state index >= 15 is 0 Å². The van der Waals surface area contributed by atoms with Gasteiger partial charge in [0.05, 0.1) is 6.61 Å². The van der Waals surface area contributed by atoms with Gasteiger partial charge in [-0.15, -0.1) is 0 Å². The molecule has 1 heterocycles. The smallest absolute Gasteiger partial charge is 0.316 e. The van der Waals surface area contributed by atoms with Gasteiger partial charge in [0, 0.05) is 6.20 Å². The van der Waals surface area contributed by atoms with Crippen LogP contribution in [0.1, 0.15) is 37.2 Å². The summed E-state index contributed by atoms with van der Waals surface area (Å²) >= 11 is 0. The first-order valence-electron chi connectivity index (χ1n) is 5.82. The maximum atomic E-state index is 12.1. The highest BCUT2D eigenvalue weighted by atomic mass is 16.5. The fraction of sp³-hybridized carbons (Fsp3) is 0.462. The Bertz CT molecular complexity index is 376. The molecule has 4 heteroatoms. The molecule has 1 unspecified atom stereocenters. The van der Waals surface area contributed by atoms with Crippen molar-refractivity contribution in [2.24, 2.45) is 5.92 Å². The largest absolute Gasteiger partial charge is 0.465 e. The third-order valence-corrected chi connectivity index (χ3v) is 2.38. The second-order valence-corrected chi connectivity index (χ2v) is 3.67. The van der Waals surface area contributed by atoms with Crippen molar-refractivity contribution in [1.29, 1.82) is 0 Å². The monoisotopic (exact) mass is 235 g/mol. The summed E-state index contributed by atoms with van der Waals surface area (Å²) in [4.78, 5) is 27.7. The lowest BCUT2D eigenvalue weighted by atomic mass is 9.96. The summed E-state index contributed by atoms with van der Waals surface area (Å²) in [5.41, 5.74) is 0.319. The third kappa shape index (κ3) is 3.66. The van der Waals surface area contributed by atoms with Gasteiger partial charge in [-0.3, -0.25) is 14.6 Å². The summed E-state index contributed by atoms with van der Waals surface area (Å²) in [5, 5.41) is 0. The van der Waals surface area contributed by atoms with E-state index in [1.54, 1.807) is 31.3 Å². The molecule has 0 saturated carbocycles. The SMILES string of the molecule is CCCC(C(=O)OCC)C(=O)c1ccccn1. The number of ether oxygens (including phenoxy) is 1. The number of carbonyl (C=O) groups is 2. The van der Waals surface area contributed by atoms with Crippen molar-refractivity contribution in [2.45, 2.75) is 26.7 Å². The van der Waals surface area contributed by atoms with Gasteiger partial charge < -0.3 is 4.74 Å². The Labute approximate surface area is 101 Å². The van der Waals surface area contributed by atoms with Crippen LogP contribution in [0.5, 0.6) is 0 Å². The number of Topliss-reactive ketones (excluding diaryl/α,β-unsaturated/α-hetero) is 1. The van der Waals surface area contributed by atoms with E-state index in [9.17, 15) is 9.59 Å². The molecule has 0 saturated heterocycles. The molecule has 0 spiro atoms. The summed E-state index contributed by atoms with van der Waals surface area (Å²) in [6.45, 7) is 3.94. The van der Waals surface area contributed by atoms with Crippen LogP contribution in [0.15, 0.2) is 24.4 Å². The number of nitrogens with zero attached hydrogens (tertiary/aromatic N) is 1. The van der Waals surface area contributed by atoms with Crippen LogP contribution < -0.4 is 0 Å². The van der Waals surface area contributed by atoms with E-state index in [1.807, 2.05) is 6.92 Å². The van der Waals surface area contributed by atoms with E-state index in [4.69, 9.17) is 4.74 Å². The normalized spacial score (nSPS) is 11.9. The van der Waals surface area contributed by atoms with Gasteiger partial charge in [0.25, 0.3) is 0 Å². The van der Waals surface area contributed by atoms with Gasteiger partial charge in [-0.2, -0.15) is 0 Å². The predicted octanol–water partition coefficient (Wildman–Crippen LogP) is 2.24. The predicted molar refractivity (Wildman–Crippen MR) is 63.6 cm³/mol. The average molecular weight is 235 g/mol. The van der Waals surface area contributed by atoms with Crippen LogP contribution in [-0.4, -0.2) is 23.3 Å². The van der Waals surface area contributed by atoms with Gasteiger partial charge in [-0.25, -0.2) is 0 Å². The summed E-state index contributed by atoms with van der Waals surface area (Å²) < 4.78 is 4.91. The Morgan fingerprint density at radius 2 is 2.12 bits per heavy atom. The van der Waals surface area contributed by atoms with E-state index in [0.717, 1.165) is 6.42 Å². The molecule has 0 aliphatic heterocycles. The molecule has 0 radical (unpaired) electrons. The fourth-order valence-electron chi connectivity index (χ4n) is 1.57. The molecule has 17 heavy (non-hydrogen) atoms. The molecule has 1 aromatic heterocycles. The number of carbonyl (C=O) groups excluding carboxylic acids is 2. The highest BCUT2D eigenvalue weighted by molar-refractivity contribution is 6.07. The molecule has 1 rings (SSSR count). The van der Waals surface area contributed by atoms with Gasteiger partial charge in [0.1, 0.15) is 11.6 Å². The maximum absolute atomic E-state index is 12.1. The lowest BCUT2D eigenvalue weighted by Crippen LogP contribution is -2.26. The molecule has 0 bridgehead atoms. The summed E-state index contributed by atoms with van der Waals surface area (Å²) in [7, 11) is 0. The number of hydrogen-bond donors (Lipinski definition) is 0. The van der Waals surface area contributed by atoms with Crippen LogP contribution >= 0.6 is 0 Å². The van der Waals surface area contributed by atoms with Crippen molar-refractivity contribution >= 4 is 11.8 Å². The highest BCUT2D eigenvalue weighted by Crippen LogP contribution is 2.14. The zero-order valence-electron chi connectivity index (χ0n) is 10.2. The quantitative estimate of drug-likeness (QED) is 0.431. The van der Waals surface area contributed by atoms with Crippen LogP contribution in [-0.2, 0) is 9.53 Å². The molecule has 1 aromatic rings. The molecule has 92 valence electrons. The molecular formula is C13H17NO3. The molecule has 0 fully saturated rings. The Balaban J connectivity index is 2.84. The zero-order valence-corrected chi connectivity index (χ0v) is 10.2. The van der Waals surface area contributed by atoms with E-state index in [0.29, 0.717) is 12.1 Å². The minimum Gasteiger partial charge on any atom is -0.465 e. The van der Waals surface area contributed by atoms with Crippen molar-refractivity contribution < 1.29 is 14.3 Å². The number of esters is 1. The molecule has 4 nitrogen and oxygen atoms in total. The van der Waals surface area contributed by atoms with Crippen molar-refractivity contribution in [3.8, 4) is 0 Å². The number of aromatic nitrogens is 1. The van der Waals surface area contributed by atoms with Crippen molar-refractivity contribution in [3.63, 3.8) is 0 Å². The van der Waals surface area contributed by atoms with Crippen LogP contribution in [0.4, 0.5) is 0 Å². The third-order valence-electron chi connectivity index (χ3n) is 2.38. The van der Waals surface area contributed by atoms with Crippen LogP contribution in [0.2, 0.25) is 0 Å². The lowest BCUT2D eigenvalue weighted by Gasteiger charge is -2.12. The van der Waals surface area contributed by atoms with Crippen molar-refractivity contribution in [2.75, 3.05) is 6.61 Å². The van der Waals surface area contributed by atoms with E-state index in [2.05, 4.69) is 4.98 Å².